The smallest absolute Gasteiger partial charge is 0.0242 e. The van der Waals surface area contributed by atoms with Crippen LogP contribution in [0.3, 0.4) is 0 Å². The van der Waals surface area contributed by atoms with Gasteiger partial charge in [0.25, 0.3) is 0 Å². The highest BCUT2D eigenvalue weighted by Crippen LogP contribution is 1.96. The Kier molecular flexibility index (Phi) is 5.67. The summed E-state index contributed by atoms with van der Waals surface area (Å²) in [6.45, 7) is 2.00. The highest BCUT2D eigenvalue weighted by Gasteiger charge is 1.77. The zero-order chi connectivity index (χ0) is 7.11. The van der Waals surface area contributed by atoms with E-state index in [1.54, 1.807) is 6.08 Å². The molecule has 2 N–H and O–H groups in total. The lowest BCUT2D eigenvalue weighted by atomic mass is 10.3. The quantitative estimate of drug-likeness (QED) is 0.406. The second-order valence-corrected chi connectivity index (χ2v) is 2.20. The van der Waals surface area contributed by atoms with Gasteiger partial charge in [-0.1, -0.05) is 27.6 Å². The third-order valence-corrected chi connectivity index (χ3v) is 1.65. The van der Waals surface area contributed by atoms with E-state index in [1.807, 2.05) is 18.5 Å². The molecule has 0 aliphatic heterocycles. The lowest BCUT2D eigenvalue weighted by Gasteiger charge is -1.87. The lowest BCUT2D eigenvalue weighted by Crippen LogP contribution is -1.91. The molecule has 0 unspecified atom stereocenters. The predicted octanol–water partition coefficient (Wildman–Crippen LogP) is 1.82. The zero-order valence-electron chi connectivity index (χ0n) is 5.26. The Morgan fingerprint density at radius 2 is 2.44 bits per heavy atom. The van der Waals surface area contributed by atoms with Crippen molar-refractivity contribution in [3.8, 4) is 0 Å². The van der Waals surface area contributed by atoms with Crippen LogP contribution in [-0.4, -0.2) is 10.5 Å². The van der Waals surface area contributed by atoms with Gasteiger partial charge in [0, 0.05) is 11.5 Å². The molecule has 0 atom stereocenters. The van der Waals surface area contributed by atoms with E-state index in [9.17, 15) is 0 Å². The molecular weight excluding hydrogens is 182 g/mol. The second kappa shape index (κ2) is 5.85. The van der Waals surface area contributed by atoms with E-state index >= 15 is 0 Å². The Labute approximate surface area is 63.4 Å². The van der Waals surface area contributed by atoms with E-state index in [4.69, 9.17) is 5.21 Å². The van der Waals surface area contributed by atoms with Crippen molar-refractivity contribution >= 4 is 15.9 Å². The molecular formula is C6H10BrNO. The van der Waals surface area contributed by atoms with Crippen molar-refractivity contribution in [1.82, 2.24) is 5.48 Å². The maximum atomic E-state index is 8.07. The molecule has 0 aromatic carbocycles. The van der Waals surface area contributed by atoms with E-state index in [0.717, 1.165) is 5.33 Å². The van der Waals surface area contributed by atoms with Crippen LogP contribution in [-0.2, 0) is 0 Å². The first-order valence-corrected chi connectivity index (χ1v) is 3.71. The van der Waals surface area contributed by atoms with Crippen LogP contribution in [0.25, 0.3) is 0 Å². The molecule has 0 fully saturated rings. The molecule has 0 amide bonds. The highest BCUT2D eigenvalue weighted by molar-refractivity contribution is 9.09. The summed E-state index contributed by atoms with van der Waals surface area (Å²) < 4.78 is 0. The van der Waals surface area contributed by atoms with Gasteiger partial charge in [-0.2, -0.15) is 0 Å². The summed E-state index contributed by atoms with van der Waals surface area (Å²) in [5.41, 5.74) is 3.12. The summed E-state index contributed by atoms with van der Waals surface area (Å²) in [6.07, 6.45) is 5.08. The van der Waals surface area contributed by atoms with Crippen molar-refractivity contribution in [2.24, 2.45) is 0 Å². The summed E-state index contributed by atoms with van der Waals surface area (Å²) in [7, 11) is 0. The number of hydroxylamine groups is 1. The largest absolute Gasteiger partial charge is 0.292 e. The molecule has 0 spiro atoms. The fourth-order valence-electron chi connectivity index (χ4n) is 0.300. The third kappa shape index (κ3) is 5.59. The maximum absolute atomic E-state index is 8.07. The second-order valence-electron chi connectivity index (χ2n) is 1.63. The molecule has 0 aromatic heterocycles. The summed E-state index contributed by atoms with van der Waals surface area (Å²) in [6, 6.07) is 0. The van der Waals surface area contributed by atoms with Crippen molar-refractivity contribution in [2.45, 2.75) is 6.92 Å². The lowest BCUT2D eigenvalue weighted by molar-refractivity contribution is 0.214. The van der Waals surface area contributed by atoms with Crippen molar-refractivity contribution < 1.29 is 5.21 Å². The zero-order valence-corrected chi connectivity index (χ0v) is 6.85. The number of hydrogen-bond acceptors (Lipinski definition) is 2. The monoisotopic (exact) mass is 191 g/mol. The van der Waals surface area contributed by atoms with Crippen molar-refractivity contribution in [3.63, 3.8) is 0 Å². The van der Waals surface area contributed by atoms with Gasteiger partial charge in [0.15, 0.2) is 0 Å². The summed E-state index contributed by atoms with van der Waals surface area (Å²) >= 11 is 3.28. The molecule has 0 saturated carbocycles. The van der Waals surface area contributed by atoms with E-state index in [-0.39, 0.29) is 0 Å². The van der Waals surface area contributed by atoms with Crippen LogP contribution in [0.5, 0.6) is 0 Å². The SMILES string of the molecule is C/C(=C/C=C\NO)CBr. The normalized spacial score (nSPS) is 12.6. The molecule has 0 aliphatic carbocycles. The third-order valence-electron chi connectivity index (χ3n) is 0.762. The number of allylic oxidation sites excluding steroid dienone is 3. The van der Waals surface area contributed by atoms with Gasteiger partial charge in [0.1, 0.15) is 0 Å². The van der Waals surface area contributed by atoms with Gasteiger partial charge < -0.3 is 0 Å². The number of rotatable bonds is 3. The first-order chi connectivity index (χ1) is 4.31. The van der Waals surface area contributed by atoms with Gasteiger partial charge in [-0.05, 0) is 13.0 Å². The molecule has 0 bridgehead atoms. The van der Waals surface area contributed by atoms with E-state index in [2.05, 4.69) is 15.9 Å². The molecule has 2 nitrogen and oxygen atoms in total. The standard InChI is InChI=1S/C6H10BrNO/c1-6(5-7)3-2-4-8-9/h2-4,8-9H,5H2,1H3/b4-2-,6-3-. The Bertz CT molecular complexity index is 120. The maximum Gasteiger partial charge on any atom is 0.0242 e. The van der Waals surface area contributed by atoms with Gasteiger partial charge in [0.05, 0.1) is 0 Å². The Morgan fingerprint density at radius 1 is 1.78 bits per heavy atom. The molecule has 0 heterocycles. The Morgan fingerprint density at radius 3 is 2.89 bits per heavy atom. The van der Waals surface area contributed by atoms with Crippen LogP contribution in [0.2, 0.25) is 0 Å². The molecule has 0 radical (unpaired) electrons. The van der Waals surface area contributed by atoms with Crippen LogP contribution in [0.15, 0.2) is 23.9 Å². The van der Waals surface area contributed by atoms with Crippen LogP contribution in [0.4, 0.5) is 0 Å². The van der Waals surface area contributed by atoms with E-state index in [1.165, 1.54) is 11.8 Å². The van der Waals surface area contributed by atoms with Crippen molar-refractivity contribution in [1.29, 1.82) is 0 Å². The number of halogens is 1. The number of nitrogens with one attached hydrogen (secondary N) is 1. The highest BCUT2D eigenvalue weighted by atomic mass is 79.9. The minimum atomic E-state index is 0.864. The van der Waals surface area contributed by atoms with Crippen LogP contribution in [0.1, 0.15) is 6.92 Å². The molecule has 3 heteroatoms. The fourth-order valence-corrected chi connectivity index (χ4v) is 0.487. The average molecular weight is 192 g/mol. The molecule has 0 aliphatic rings. The molecule has 0 rings (SSSR count). The summed E-state index contributed by atoms with van der Waals surface area (Å²) in [4.78, 5) is 0. The minimum Gasteiger partial charge on any atom is -0.292 e. The first-order valence-electron chi connectivity index (χ1n) is 2.59. The summed E-state index contributed by atoms with van der Waals surface area (Å²) in [5.74, 6) is 0. The average Bonchev–Trinajstić information content (AvgIpc) is 1.89. The van der Waals surface area contributed by atoms with Gasteiger partial charge in [-0.3, -0.25) is 10.7 Å². The van der Waals surface area contributed by atoms with Crippen molar-refractivity contribution in [3.05, 3.63) is 23.9 Å². The number of alkyl halides is 1. The molecule has 0 aromatic rings. The minimum absolute atomic E-state index is 0.864. The van der Waals surface area contributed by atoms with Crippen LogP contribution < -0.4 is 5.48 Å². The Hall–Kier alpha value is -0.280. The topological polar surface area (TPSA) is 32.3 Å². The fraction of sp³-hybridized carbons (Fsp3) is 0.333. The van der Waals surface area contributed by atoms with Crippen molar-refractivity contribution in [2.75, 3.05) is 5.33 Å². The summed E-state index contributed by atoms with van der Waals surface area (Å²) in [5, 5.41) is 8.94. The van der Waals surface area contributed by atoms with Gasteiger partial charge in [-0.15, -0.1) is 0 Å². The van der Waals surface area contributed by atoms with Gasteiger partial charge >= 0.3 is 0 Å². The Balaban J connectivity index is 3.55. The van der Waals surface area contributed by atoms with Gasteiger partial charge in [-0.25, -0.2) is 0 Å². The van der Waals surface area contributed by atoms with Crippen LogP contribution >= 0.6 is 15.9 Å². The molecule has 52 valence electrons. The van der Waals surface area contributed by atoms with Gasteiger partial charge in [0.2, 0.25) is 0 Å². The molecule has 9 heavy (non-hydrogen) atoms. The predicted molar refractivity (Wildman–Crippen MR) is 41.6 cm³/mol. The number of hydrogen-bond donors (Lipinski definition) is 2. The first kappa shape index (κ1) is 8.72. The van der Waals surface area contributed by atoms with Crippen LogP contribution in [0, 0.1) is 0 Å². The molecule has 0 saturated heterocycles. The van der Waals surface area contributed by atoms with E-state index < -0.39 is 0 Å². The van der Waals surface area contributed by atoms with E-state index in [0.29, 0.717) is 0 Å².